The van der Waals surface area contributed by atoms with Crippen LogP contribution < -0.4 is 11.1 Å². The molecule has 0 spiro atoms. The Morgan fingerprint density at radius 2 is 1.80 bits per heavy atom. The van der Waals surface area contributed by atoms with Gasteiger partial charge in [0.1, 0.15) is 16.2 Å². The summed E-state index contributed by atoms with van der Waals surface area (Å²) in [6, 6.07) is 15.3. The zero-order valence-electron chi connectivity index (χ0n) is 17.8. The number of nitrogens with two attached hydrogens (primary N) is 1. The van der Waals surface area contributed by atoms with E-state index in [9.17, 15) is 14.0 Å². The van der Waals surface area contributed by atoms with Crippen LogP contribution in [0, 0.1) is 23.1 Å². The van der Waals surface area contributed by atoms with Gasteiger partial charge in [-0.05, 0) is 53.6 Å². The first-order valence-electron chi connectivity index (χ1n) is 10.3. The van der Waals surface area contributed by atoms with Crippen LogP contribution in [0.4, 0.5) is 15.8 Å². The molecular formula is C25H16Cl4FN3O2. The molecule has 0 saturated heterocycles. The molecule has 3 aromatic rings. The summed E-state index contributed by atoms with van der Waals surface area (Å²) in [6.07, 6.45) is -0.0193. The van der Waals surface area contributed by atoms with E-state index in [1.54, 1.807) is 24.3 Å². The van der Waals surface area contributed by atoms with Crippen LogP contribution in [0.15, 0.2) is 54.6 Å². The highest BCUT2D eigenvalue weighted by Crippen LogP contribution is 2.65. The summed E-state index contributed by atoms with van der Waals surface area (Å²) in [5.74, 6) is -2.78. The number of nitrogens with zero attached hydrogens (tertiary/aromatic N) is 1. The molecule has 0 aliphatic heterocycles. The third-order valence-electron chi connectivity index (χ3n) is 5.78. The lowest BCUT2D eigenvalue weighted by Gasteiger charge is -2.10. The summed E-state index contributed by atoms with van der Waals surface area (Å²) in [6.45, 7) is 0. The standard InChI is InChI=1S/C25H16Cl4FN3O2/c26-17-4-3-15(10-16(17)21(34)8-12-1-6-20(32)14(7-12)11-31)33-24(35)23-22(25(23,28)29)13-2-5-19(30)18(27)9-13/h1-7,9-10,22-23H,8,32H2,(H,33,35). The van der Waals surface area contributed by atoms with Crippen molar-refractivity contribution in [3.8, 4) is 6.07 Å². The summed E-state index contributed by atoms with van der Waals surface area (Å²) in [5, 5.41) is 12.0. The highest BCUT2D eigenvalue weighted by Gasteiger charge is 2.67. The number of Topliss-reactive ketones (excluding diaryl/α,β-unsaturated/α-hetero) is 1. The van der Waals surface area contributed by atoms with Gasteiger partial charge in [-0.15, -0.1) is 23.2 Å². The molecule has 3 N–H and O–H groups in total. The number of alkyl halides is 2. The van der Waals surface area contributed by atoms with Crippen LogP contribution in [0.5, 0.6) is 0 Å². The number of carbonyl (C=O) groups excluding carboxylic acids is 2. The number of rotatable bonds is 6. The Morgan fingerprint density at radius 3 is 2.49 bits per heavy atom. The molecule has 4 rings (SSSR count). The maximum atomic E-state index is 13.5. The van der Waals surface area contributed by atoms with Crippen molar-refractivity contribution in [3.05, 3.63) is 92.7 Å². The van der Waals surface area contributed by atoms with E-state index in [1.165, 1.54) is 30.3 Å². The molecule has 1 saturated carbocycles. The van der Waals surface area contributed by atoms with Gasteiger partial charge in [0.15, 0.2) is 5.78 Å². The number of ketones is 1. The number of anilines is 2. The quantitative estimate of drug-likeness (QED) is 0.207. The average Bonchev–Trinajstić information content (AvgIpc) is 3.40. The fourth-order valence-corrected chi connectivity index (χ4v) is 5.14. The van der Waals surface area contributed by atoms with Crippen LogP contribution in [0.2, 0.25) is 10.0 Å². The minimum atomic E-state index is -1.40. The van der Waals surface area contributed by atoms with Crippen molar-refractivity contribution in [2.75, 3.05) is 11.1 Å². The Morgan fingerprint density at radius 1 is 1.06 bits per heavy atom. The Kier molecular flexibility index (Phi) is 6.99. The number of halogens is 5. The van der Waals surface area contributed by atoms with Crippen molar-refractivity contribution in [1.82, 2.24) is 0 Å². The highest BCUT2D eigenvalue weighted by atomic mass is 35.5. The van der Waals surface area contributed by atoms with Crippen LogP contribution in [-0.2, 0) is 11.2 Å². The van der Waals surface area contributed by atoms with Crippen molar-refractivity contribution >= 4 is 69.5 Å². The minimum Gasteiger partial charge on any atom is -0.398 e. The Labute approximate surface area is 220 Å². The largest absolute Gasteiger partial charge is 0.398 e. The molecule has 1 amide bonds. The summed E-state index contributed by atoms with van der Waals surface area (Å²) >= 11 is 24.8. The number of amides is 1. The topological polar surface area (TPSA) is 96.0 Å². The number of carbonyl (C=O) groups is 2. The predicted octanol–water partition coefficient (Wildman–Crippen LogP) is 6.54. The molecule has 178 valence electrons. The smallest absolute Gasteiger partial charge is 0.231 e. The van der Waals surface area contributed by atoms with Crippen LogP contribution >= 0.6 is 46.4 Å². The third kappa shape index (κ3) is 5.10. The van der Waals surface area contributed by atoms with E-state index in [-0.39, 0.29) is 33.4 Å². The summed E-state index contributed by atoms with van der Waals surface area (Å²) < 4.78 is 12.1. The van der Waals surface area contributed by atoms with E-state index in [2.05, 4.69) is 5.32 Å². The molecule has 1 aliphatic rings. The zero-order chi connectivity index (χ0) is 25.5. The van der Waals surface area contributed by atoms with Crippen LogP contribution in [-0.4, -0.2) is 16.0 Å². The van der Waals surface area contributed by atoms with Gasteiger partial charge in [0.2, 0.25) is 5.91 Å². The van der Waals surface area contributed by atoms with Crippen molar-refractivity contribution in [3.63, 3.8) is 0 Å². The summed E-state index contributed by atoms with van der Waals surface area (Å²) in [4.78, 5) is 25.8. The van der Waals surface area contributed by atoms with E-state index in [0.29, 0.717) is 22.5 Å². The van der Waals surface area contributed by atoms with E-state index >= 15 is 0 Å². The molecule has 2 unspecified atom stereocenters. The molecule has 1 aliphatic carbocycles. The number of benzene rings is 3. The van der Waals surface area contributed by atoms with Gasteiger partial charge in [0, 0.05) is 29.3 Å². The second-order valence-electron chi connectivity index (χ2n) is 8.12. The van der Waals surface area contributed by atoms with Gasteiger partial charge in [-0.25, -0.2) is 4.39 Å². The third-order valence-corrected chi connectivity index (χ3v) is 7.34. The van der Waals surface area contributed by atoms with Gasteiger partial charge in [-0.2, -0.15) is 5.26 Å². The summed E-state index contributed by atoms with van der Waals surface area (Å²) in [7, 11) is 0. The van der Waals surface area contributed by atoms with E-state index in [1.807, 2.05) is 6.07 Å². The SMILES string of the molecule is N#Cc1cc(CC(=O)c2cc(NC(=O)C3C(c4ccc(F)c(Cl)c4)C3(Cl)Cl)ccc2Cl)ccc1N. The van der Waals surface area contributed by atoms with E-state index in [0.717, 1.165) is 0 Å². The van der Waals surface area contributed by atoms with Gasteiger partial charge in [-0.1, -0.05) is 35.3 Å². The molecule has 2 atom stereocenters. The maximum Gasteiger partial charge on any atom is 0.231 e. The summed E-state index contributed by atoms with van der Waals surface area (Å²) in [5.41, 5.74) is 7.98. The molecule has 0 radical (unpaired) electrons. The molecular weight excluding hydrogens is 535 g/mol. The molecule has 5 nitrogen and oxygen atoms in total. The monoisotopic (exact) mass is 549 g/mol. The van der Waals surface area contributed by atoms with E-state index in [4.69, 9.17) is 57.4 Å². The highest BCUT2D eigenvalue weighted by molar-refractivity contribution is 6.53. The lowest BCUT2D eigenvalue weighted by atomic mass is 10.0. The number of hydrogen-bond donors (Lipinski definition) is 2. The Bertz CT molecular complexity index is 1400. The van der Waals surface area contributed by atoms with Crippen LogP contribution in [0.3, 0.4) is 0 Å². The lowest BCUT2D eigenvalue weighted by Crippen LogP contribution is -2.17. The first-order chi connectivity index (χ1) is 16.5. The van der Waals surface area contributed by atoms with Gasteiger partial charge in [0.25, 0.3) is 0 Å². The fraction of sp³-hybridized carbons (Fsp3) is 0.160. The molecule has 35 heavy (non-hydrogen) atoms. The van der Waals surface area contributed by atoms with Crippen molar-refractivity contribution in [1.29, 1.82) is 5.26 Å². The average molecular weight is 551 g/mol. The Hall–Kier alpha value is -2.82. The molecule has 0 bridgehead atoms. The second kappa shape index (κ2) is 9.67. The van der Waals surface area contributed by atoms with Crippen molar-refractivity contribution in [2.45, 2.75) is 16.7 Å². The molecule has 10 heteroatoms. The van der Waals surface area contributed by atoms with E-state index < -0.39 is 27.9 Å². The van der Waals surface area contributed by atoms with Gasteiger partial charge in [0.05, 0.1) is 21.5 Å². The number of nitrogens with one attached hydrogen (secondary N) is 1. The van der Waals surface area contributed by atoms with Crippen molar-refractivity contribution < 1.29 is 14.0 Å². The maximum absolute atomic E-state index is 13.5. The van der Waals surface area contributed by atoms with Crippen LogP contribution in [0.25, 0.3) is 0 Å². The lowest BCUT2D eigenvalue weighted by molar-refractivity contribution is -0.117. The van der Waals surface area contributed by atoms with Gasteiger partial charge >= 0.3 is 0 Å². The first kappa shape index (κ1) is 25.3. The first-order valence-corrected chi connectivity index (χ1v) is 11.8. The molecule has 0 heterocycles. The van der Waals surface area contributed by atoms with Gasteiger partial charge < -0.3 is 11.1 Å². The fourth-order valence-electron chi connectivity index (χ4n) is 3.90. The normalized spacial score (nSPS) is 17.9. The second-order valence-corrected chi connectivity index (χ2v) is 10.4. The Balaban J connectivity index is 1.51. The molecule has 0 aromatic heterocycles. The van der Waals surface area contributed by atoms with Crippen molar-refractivity contribution in [2.24, 2.45) is 5.92 Å². The number of nitrogen functional groups attached to an aromatic ring is 1. The van der Waals surface area contributed by atoms with Crippen LogP contribution in [0.1, 0.15) is 33.0 Å². The van der Waals surface area contributed by atoms with Gasteiger partial charge in [-0.3, -0.25) is 9.59 Å². The number of nitriles is 1. The minimum absolute atomic E-state index is 0.0193. The zero-order valence-corrected chi connectivity index (χ0v) is 20.8. The molecule has 1 fully saturated rings. The molecule has 3 aromatic carbocycles. The number of hydrogen-bond acceptors (Lipinski definition) is 4. The predicted molar refractivity (Wildman–Crippen MR) is 136 cm³/mol.